The van der Waals surface area contributed by atoms with Crippen molar-refractivity contribution in [1.29, 1.82) is 0 Å². The minimum Gasteiger partial charge on any atom is -0.505 e. The maximum absolute atomic E-state index is 11.3. The van der Waals surface area contributed by atoms with Crippen LogP contribution in [-0.4, -0.2) is 47.6 Å². The van der Waals surface area contributed by atoms with Crippen LogP contribution in [0.15, 0.2) is 12.4 Å². The van der Waals surface area contributed by atoms with Crippen LogP contribution in [-0.2, 0) is 35.1 Å². The van der Waals surface area contributed by atoms with E-state index in [4.69, 9.17) is 14.9 Å². The van der Waals surface area contributed by atoms with E-state index < -0.39 is 32.5 Å². The highest BCUT2D eigenvalue weighted by Gasteiger charge is 2.20. The van der Waals surface area contributed by atoms with Crippen molar-refractivity contribution in [1.82, 2.24) is 9.97 Å². The molecule has 0 saturated carbocycles. The monoisotopic (exact) mass is 412 g/mol. The normalized spacial score (nSPS) is 11.4. The van der Waals surface area contributed by atoms with Gasteiger partial charge in [-0.2, -0.15) is 0 Å². The summed E-state index contributed by atoms with van der Waals surface area (Å²) in [6.45, 7) is -1.11. The quantitative estimate of drug-likeness (QED) is 0.283. The Morgan fingerprint density at radius 2 is 1.39 bits per heavy atom. The van der Waals surface area contributed by atoms with Crippen molar-refractivity contribution in [3.8, 4) is 11.5 Å². The van der Waals surface area contributed by atoms with E-state index in [1.165, 1.54) is 6.20 Å². The van der Waals surface area contributed by atoms with Crippen LogP contribution >= 0.6 is 7.82 Å². The second kappa shape index (κ2) is 9.00. The molecule has 0 aliphatic heterocycles. The van der Waals surface area contributed by atoms with Gasteiger partial charge in [-0.15, -0.1) is 0 Å². The lowest BCUT2D eigenvalue weighted by Gasteiger charge is -2.12. The molecule has 0 unspecified atom stereocenters. The van der Waals surface area contributed by atoms with E-state index in [1.807, 2.05) is 0 Å². The number of aldehydes is 2. The zero-order chi connectivity index (χ0) is 20.9. The van der Waals surface area contributed by atoms with Gasteiger partial charge in [0.1, 0.15) is 11.5 Å². The summed E-state index contributed by atoms with van der Waals surface area (Å²) < 4.78 is 15.1. The van der Waals surface area contributed by atoms with Crippen molar-refractivity contribution in [2.45, 2.75) is 26.1 Å². The Hall–Kier alpha value is -2.69. The number of aromatic nitrogens is 2. The van der Waals surface area contributed by atoms with Gasteiger partial charge < -0.3 is 25.1 Å². The summed E-state index contributed by atoms with van der Waals surface area (Å²) in [7, 11) is -4.77. The molecular formula is C16H17N2O9P. The number of pyridine rings is 2. The van der Waals surface area contributed by atoms with Crippen LogP contribution in [0, 0.1) is 0 Å². The first-order valence-electron chi connectivity index (χ1n) is 7.82. The summed E-state index contributed by atoms with van der Waals surface area (Å²) in [5.41, 5.74) is 0.0122. The number of aromatic hydroxyl groups is 2. The predicted molar refractivity (Wildman–Crippen MR) is 92.7 cm³/mol. The molecule has 2 heterocycles. The van der Waals surface area contributed by atoms with E-state index in [-0.39, 0.29) is 46.5 Å². The van der Waals surface area contributed by atoms with E-state index in [0.29, 0.717) is 12.6 Å². The largest absolute Gasteiger partial charge is 0.505 e. The molecule has 0 spiro atoms. The molecule has 5 N–H and O–H groups in total. The first kappa shape index (κ1) is 21.6. The molecule has 28 heavy (non-hydrogen) atoms. The van der Waals surface area contributed by atoms with Crippen LogP contribution in [0.4, 0.5) is 0 Å². The fourth-order valence-electron chi connectivity index (χ4n) is 2.45. The molecule has 0 aliphatic carbocycles. The molecule has 2 aromatic heterocycles. The van der Waals surface area contributed by atoms with Crippen molar-refractivity contribution in [3.05, 3.63) is 46.0 Å². The van der Waals surface area contributed by atoms with Crippen molar-refractivity contribution in [3.63, 3.8) is 0 Å². The number of aliphatic hydroxyl groups excluding tert-OH is 1. The van der Waals surface area contributed by atoms with E-state index in [2.05, 4.69) is 14.5 Å². The van der Waals surface area contributed by atoms with Crippen LogP contribution in [0.5, 0.6) is 11.5 Å². The molecule has 150 valence electrons. The highest BCUT2D eigenvalue weighted by Crippen LogP contribution is 2.38. The number of aryl methyl sites for hydroxylation is 2. The van der Waals surface area contributed by atoms with Gasteiger partial charge in [0.15, 0.2) is 12.6 Å². The second-order valence-corrected chi connectivity index (χ2v) is 6.88. The molecule has 11 nitrogen and oxygen atoms in total. The molecule has 0 saturated heterocycles. The molecule has 0 radical (unpaired) electrons. The fraction of sp³-hybridized carbons (Fsp3) is 0.250. The number of hydrogen-bond donors (Lipinski definition) is 5. The molecule has 0 atom stereocenters. The minimum atomic E-state index is -4.77. The van der Waals surface area contributed by atoms with Gasteiger partial charge >= 0.3 is 7.82 Å². The molecule has 0 aromatic carbocycles. The van der Waals surface area contributed by atoms with Gasteiger partial charge in [0.25, 0.3) is 0 Å². The van der Waals surface area contributed by atoms with Gasteiger partial charge in [-0.25, -0.2) is 4.57 Å². The lowest BCUT2D eigenvalue weighted by molar-refractivity contribution is 0.110. The molecule has 2 rings (SSSR count). The molecule has 0 fully saturated rings. The Bertz CT molecular complexity index is 942. The lowest BCUT2D eigenvalue weighted by atomic mass is 10.0. The van der Waals surface area contributed by atoms with E-state index in [1.54, 1.807) is 0 Å². The second-order valence-electron chi connectivity index (χ2n) is 5.64. The lowest BCUT2D eigenvalue weighted by Crippen LogP contribution is -2.05. The summed E-state index contributed by atoms with van der Waals surface area (Å²) in [5.74, 6) is -0.896. The van der Waals surface area contributed by atoms with Crippen molar-refractivity contribution in [2.75, 3.05) is 0 Å². The Morgan fingerprint density at radius 1 is 0.929 bits per heavy atom. The molecular weight excluding hydrogens is 395 g/mol. The van der Waals surface area contributed by atoms with E-state index in [9.17, 15) is 24.4 Å². The Balaban J connectivity index is 2.25. The maximum Gasteiger partial charge on any atom is 0.469 e. The smallest absolute Gasteiger partial charge is 0.469 e. The summed E-state index contributed by atoms with van der Waals surface area (Å²) in [5, 5.41) is 29.5. The maximum atomic E-state index is 11.3. The first-order chi connectivity index (χ1) is 13.2. The Labute approximate surface area is 158 Å². The minimum absolute atomic E-state index is 0.0175. The Morgan fingerprint density at radius 3 is 1.82 bits per heavy atom. The number of aliphatic hydroxyl groups is 1. The highest BCUT2D eigenvalue weighted by molar-refractivity contribution is 7.46. The molecule has 0 bridgehead atoms. The van der Waals surface area contributed by atoms with Gasteiger partial charge in [-0.3, -0.25) is 24.1 Å². The van der Waals surface area contributed by atoms with Crippen LogP contribution in [0.25, 0.3) is 0 Å². The van der Waals surface area contributed by atoms with Gasteiger partial charge in [0.2, 0.25) is 0 Å². The third-order valence-corrected chi connectivity index (χ3v) is 4.36. The van der Waals surface area contributed by atoms with Crippen molar-refractivity contribution < 1.29 is 43.8 Å². The van der Waals surface area contributed by atoms with Crippen LogP contribution < -0.4 is 0 Å². The zero-order valence-corrected chi connectivity index (χ0v) is 15.2. The van der Waals surface area contributed by atoms with Crippen LogP contribution in [0.1, 0.15) is 43.2 Å². The third kappa shape index (κ3) is 4.97. The summed E-state index contributed by atoms with van der Waals surface area (Å²) >= 11 is 0. The topological polar surface area (TPSA) is 187 Å². The van der Waals surface area contributed by atoms with Crippen molar-refractivity contribution in [2.24, 2.45) is 0 Å². The zero-order valence-electron chi connectivity index (χ0n) is 14.3. The average Bonchev–Trinajstić information content (AvgIpc) is 2.65. The Kier molecular flexibility index (Phi) is 6.95. The van der Waals surface area contributed by atoms with Gasteiger partial charge in [-0.1, -0.05) is 0 Å². The van der Waals surface area contributed by atoms with Gasteiger partial charge in [0.05, 0.1) is 35.7 Å². The predicted octanol–water partition coefficient (Wildman–Crippen LogP) is 0.400. The molecule has 12 heteroatoms. The van der Waals surface area contributed by atoms with E-state index >= 15 is 0 Å². The number of nitrogens with zero attached hydrogens (tertiary/aromatic N) is 2. The van der Waals surface area contributed by atoms with Crippen LogP contribution in [0.2, 0.25) is 0 Å². The standard InChI is InChI=1S/C16H17N2O9P/c19-5-9-3-17-13(15(22)11(9)6-20)1-2-14-16(23)12(7-21)10(4-18-14)8-27-28(24,25)26/h3-4,6-7,19,22-23H,1-2,5,8H2,(H2,24,25,26). The SMILES string of the molecule is O=Cc1c(CO)cnc(CCc2ncc(COP(=O)(O)O)c(C=O)c2O)c1O. The fourth-order valence-corrected chi connectivity index (χ4v) is 2.76. The van der Waals surface area contributed by atoms with E-state index in [0.717, 1.165) is 6.20 Å². The van der Waals surface area contributed by atoms with Crippen LogP contribution in [0.3, 0.4) is 0 Å². The number of phosphoric ester groups is 1. The number of hydrogen-bond acceptors (Lipinski definition) is 9. The molecule has 2 aromatic rings. The highest BCUT2D eigenvalue weighted by atomic mass is 31.2. The number of carbonyl (C=O) groups excluding carboxylic acids is 2. The molecule has 0 aliphatic rings. The third-order valence-electron chi connectivity index (χ3n) is 3.89. The number of carbonyl (C=O) groups is 2. The summed E-state index contributed by atoms with van der Waals surface area (Å²) in [4.78, 5) is 47.7. The van der Waals surface area contributed by atoms with Gasteiger partial charge in [-0.05, 0) is 12.8 Å². The first-order valence-corrected chi connectivity index (χ1v) is 9.35. The van der Waals surface area contributed by atoms with Crippen molar-refractivity contribution >= 4 is 20.4 Å². The number of phosphoric acid groups is 1. The summed E-state index contributed by atoms with van der Waals surface area (Å²) in [6, 6.07) is 0. The average molecular weight is 412 g/mol. The summed E-state index contributed by atoms with van der Waals surface area (Å²) in [6.07, 6.45) is 3.15. The van der Waals surface area contributed by atoms with Gasteiger partial charge in [0, 0.05) is 23.5 Å². The molecule has 0 amide bonds. The number of rotatable bonds is 9.